The van der Waals surface area contributed by atoms with Crippen LogP contribution in [-0.4, -0.2) is 26.7 Å². The van der Waals surface area contributed by atoms with Crippen molar-refractivity contribution in [2.24, 2.45) is 5.41 Å². The van der Waals surface area contributed by atoms with E-state index in [-0.39, 0.29) is 22.4 Å². The van der Waals surface area contributed by atoms with Gasteiger partial charge >= 0.3 is 5.97 Å². The maximum atomic E-state index is 11.7. The smallest absolute Gasteiger partial charge is 0.303 e. The number of hydrogen-bond acceptors (Lipinski definition) is 4. The highest BCUT2D eigenvalue weighted by molar-refractivity contribution is 7.90. The highest BCUT2D eigenvalue weighted by Crippen LogP contribution is 2.57. The van der Waals surface area contributed by atoms with E-state index >= 15 is 0 Å². The summed E-state index contributed by atoms with van der Waals surface area (Å²) < 4.78 is 29.0. The Morgan fingerprint density at radius 2 is 1.54 bits per heavy atom. The first-order valence-electron chi connectivity index (χ1n) is 8.40. The standard InChI is InChI=1S/C21H22O4S/c1-14(22)25-20-18(15-10-12-17(13-11-15)26(4,23)24)19(21(20,2)3)16-8-6-5-7-9-16/h5-13,20H,1-4H3. The van der Waals surface area contributed by atoms with E-state index in [1.54, 1.807) is 24.3 Å². The SMILES string of the molecule is CC(=O)OC1C(c2ccc(S(C)(=O)=O)cc2)=C(c2ccccc2)C1(C)C. The molecule has 0 N–H and O–H groups in total. The summed E-state index contributed by atoms with van der Waals surface area (Å²) in [6.45, 7) is 5.51. The molecule has 0 bridgehead atoms. The molecule has 1 unspecified atom stereocenters. The fourth-order valence-electron chi connectivity index (χ4n) is 3.57. The number of carbonyl (C=O) groups is 1. The third-order valence-corrected chi connectivity index (χ3v) is 5.90. The quantitative estimate of drug-likeness (QED) is 0.764. The zero-order valence-corrected chi connectivity index (χ0v) is 16.1. The molecule has 1 aliphatic carbocycles. The molecular formula is C21H22O4S. The van der Waals surface area contributed by atoms with Crippen LogP contribution in [0.25, 0.3) is 11.1 Å². The van der Waals surface area contributed by atoms with Crippen LogP contribution in [0.5, 0.6) is 0 Å². The van der Waals surface area contributed by atoms with Crippen molar-refractivity contribution in [2.75, 3.05) is 6.26 Å². The fourth-order valence-corrected chi connectivity index (χ4v) is 4.20. The van der Waals surface area contributed by atoms with Crippen LogP contribution in [0.1, 0.15) is 31.9 Å². The van der Waals surface area contributed by atoms with Gasteiger partial charge in [0.2, 0.25) is 0 Å². The summed E-state index contributed by atoms with van der Waals surface area (Å²) in [6.07, 6.45) is 0.810. The summed E-state index contributed by atoms with van der Waals surface area (Å²) in [5.41, 5.74) is 3.63. The third-order valence-electron chi connectivity index (χ3n) is 4.77. The van der Waals surface area contributed by atoms with E-state index in [2.05, 4.69) is 13.8 Å². The first-order chi connectivity index (χ1) is 12.1. The number of esters is 1. The molecule has 1 atom stereocenters. The molecule has 0 fully saturated rings. The largest absolute Gasteiger partial charge is 0.457 e. The van der Waals surface area contributed by atoms with Gasteiger partial charge in [-0.05, 0) is 28.8 Å². The van der Waals surface area contributed by atoms with Crippen molar-refractivity contribution < 1.29 is 17.9 Å². The second-order valence-corrected chi connectivity index (χ2v) is 9.18. The molecule has 0 aliphatic heterocycles. The van der Waals surface area contributed by atoms with E-state index in [1.165, 1.54) is 13.2 Å². The van der Waals surface area contributed by atoms with Crippen molar-refractivity contribution in [1.29, 1.82) is 0 Å². The average molecular weight is 370 g/mol. The van der Waals surface area contributed by atoms with Crippen LogP contribution >= 0.6 is 0 Å². The van der Waals surface area contributed by atoms with Crippen molar-refractivity contribution in [3.63, 3.8) is 0 Å². The Morgan fingerprint density at radius 1 is 0.962 bits per heavy atom. The predicted molar refractivity (Wildman–Crippen MR) is 102 cm³/mol. The second-order valence-electron chi connectivity index (χ2n) is 7.16. The zero-order valence-electron chi connectivity index (χ0n) is 15.3. The molecule has 26 heavy (non-hydrogen) atoms. The van der Waals surface area contributed by atoms with Crippen LogP contribution in [0.4, 0.5) is 0 Å². The van der Waals surface area contributed by atoms with Gasteiger partial charge in [0.1, 0.15) is 6.10 Å². The van der Waals surface area contributed by atoms with Crippen LogP contribution in [0, 0.1) is 5.41 Å². The van der Waals surface area contributed by atoms with Crippen LogP contribution in [-0.2, 0) is 19.4 Å². The third kappa shape index (κ3) is 3.19. The number of hydrogen-bond donors (Lipinski definition) is 0. The molecule has 0 saturated heterocycles. The van der Waals surface area contributed by atoms with Crippen LogP contribution in [0.15, 0.2) is 59.5 Å². The van der Waals surface area contributed by atoms with E-state index < -0.39 is 9.84 Å². The molecule has 1 aliphatic rings. The summed E-state index contributed by atoms with van der Waals surface area (Å²) in [5, 5.41) is 0. The number of ether oxygens (including phenoxy) is 1. The summed E-state index contributed by atoms with van der Waals surface area (Å²) in [5.74, 6) is -0.333. The van der Waals surface area contributed by atoms with Crippen molar-refractivity contribution in [1.82, 2.24) is 0 Å². The maximum Gasteiger partial charge on any atom is 0.303 e. The first-order valence-corrected chi connectivity index (χ1v) is 10.3. The monoisotopic (exact) mass is 370 g/mol. The molecule has 136 valence electrons. The van der Waals surface area contributed by atoms with E-state index in [4.69, 9.17) is 4.74 Å². The molecule has 0 spiro atoms. The molecule has 2 aromatic rings. The predicted octanol–water partition coefficient (Wildman–Crippen LogP) is 3.97. The Hall–Kier alpha value is -2.40. The Bertz CT molecular complexity index is 968. The molecule has 0 aromatic heterocycles. The second kappa shape index (κ2) is 6.40. The summed E-state index contributed by atoms with van der Waals surface area (Å²) in [4.78, 5) is 11.9. The summed E-state index contributed by atoms with van der Waals surface area (Å²) in [7, 11) is -3.26. The molecule has 0 heterocycles. The molecule has 0 saturated carbocycles. The van der Waals surface area contributed by atoms with Crippen molar-refractivity contribution in [3.8, 4) is 0 Å². The zero-order chi connectivity index (χ0) is 19.1. The molecule has 0 amide bonds. The van der Waals surface area contributed by atoms with Gasteiger partial charge in [0.25, 0.3) is 0 Å². The molecule has 4 nitrogen and oxygen atoms in total. The van der Waals surface area contributed by atoms with Gasteiger partial charge in [-0.25, -0.2) is 8.42 Å². The van der Waals surface area contributed by atoms with E-state index in [0.717, 1.165) is 22.3 Å². The Labute approximate surface area is 154 Å². The first kappa shape index (κ1) is 18.4. The minimum Gasteiger partial charge on any atom is -0.457 e. The molecular weight excluding hydrogens is 348 g/mol. The lowest BCUT2D eigenvalue weighted by Gasteiger charge is -2.48. The molecule has 0 radical (unpaired) electrons. The van der Waals surface area contributed by atoms with Gasteiger partial charge in [-0.15, -0.1) is 0 Å². The van der Waals surface area contributed by atoms with Crippen molar-refractivity contribution in [2.45, 2.75) is 31.8 Å². The minimum absolute atomic E-state index is 0.269. The van der Waals surface area contributed by atoms with Crippen LogP contribution in [0.3, 0.4) is 0 Å². The van der Waals surface area contributed by atoms with Crippen LogP contribution < -0.4 is 0 Å². The lowest BCUT2D eigenvalue weighted by atomic mass is 9.60. The highest BCUT2D eigenvalue weighted by Gasteiger charge is 2.50. The van der Waals surface area contributed by atoms with Gasteiger partial charge in [-0.2, -0.15) is 0 Å². The fraction of sp³-hybridized carbons (Fsp3) is 0.286. The lowest BCUT2D eigenvalue weighted by Crippen LogP contribution is -2.44. The molecule has 3 rings (SSSR count). The normalized spacial score (nSPS) is 19.0. The molecule has 2 aromatic carbocycles. The van der Waals surface area contributed by atoms with Crippen LogP contribution in [0.2, 0.25) is 0 Å². The van der Waals surface area contributed by atoms with Gasteiger partial charge in [0.15, 0.2) is 9.84 Å². The Kier molecular flexibility index (Phi) is 4.53. The minimum atomic E-state index is -3.26. The highest BCUT2D eigenvalue weighted by atomic mass is 32.2. The Morgan fingerprint density at radius 3 is 2.04 bits per heavy atom. The van der Waals surface area contributed by atoms with Gasteiger partial charge in [-0.3, -0.25) is 4.79 Å². The van der Waals surface area contributed by atoms with Gasteiger partial charge < -0.3 is 4.74 Å². The topological polar surface area (TPSA) is 60.4 Å². The summed E-state index contributed by atoms with van der Waals surface area (Å²) >= 11 is 0. The van der Waals surface area contributed by atoms with Gasteiger partial charge in [-0.1, -0.05) is 56.3 Å². The van der Waals surface area contributed by atoms with E-state index in [9.17, 15) is 13.2 Å². The van der Waals surface area contributed by atoms with E-state index in [1.807, 2.05) is 30.3 Å². The summed E-state index contributed by atoms with van der Waals surface area (Å²) in [6, 6.07) is 16.7. The molecule has 5 heteroatoms. The van der Waals surface area contributed by atoms with Gasteiger partial charge in [0.05, 0.1) is 4.90 Å². The lowest BCUT2D eigenvalue weighted by molar-refractivity contribution is -0.147. The number of carbonyl (C=O) groups excluding carboxylic acids is 1. The maximum absolute atomic E-state index is 11.7. The number of rotatable bonds is 4. The van der Waals surface area contributed by atoms with Crippen molar-refractivity contribution in [3.05, 3.63) is 65.7 Å². The Balaban J connectivity index is 2.16. The van der Waals surface area contributed by atoms with Gasteiger partial charge in [0, 0.05) is 24.2 Å². The van der Waals surface area contributed by atoms with Crippen molar-refractivity contribution >= 4 is 27.0 Å². The average Bonchev–Trinajstić information content (AvgIpc) is 2.57. The number of sulfone groups is 1. The van der Waals surface area contributed by atoms with E-state index in [0.29, 0.717) is 0 Å². The number of benzene rings is 2.